The maximum Gasteiger partial charge on any atom is 0.191 e. The molecule has 1 atom stereocenters. The van der Waals surface area contributed by atoms with Crippen molar-refractivity contribution in [3.63, 3.8) is 0 Å². The Kier molecular flexibility index (Phi) is 6.90. The molecule has 0 fully saturated rings. The normalized spacial score (nSPS) is 16.5. The number of guanidine groups is 1. The molecule has 27 heavy (non-hydrogen) atoms. The maximum atomic E-state index is 5.76. The van der Waals surface area contributed by atoms with Gasteiger partial charge in [-0.3, -0.25) is 4.99 Å². The zero-order valence-electron chi connectivity index (χ0n) is 16.0. The van der Waals surface area contributed by atoms with Crippen molar-refractivity contribution in [2.45, 2.75) is 38.8 Å². The fraction of sp³-hybridized carbons (Fsp3) is 0.526. The number of fused-ring (bicyclic) bond motifs is 1. The van der Waals surface area contributed by atoms with Crippen molar-refractivity contribution in [1.29, 1.82) is 0 Å². The lowest BCUT2D eigenvalue weighted by atomic mass is 10.1. The Balaban J connectivity index is 1.43. The van der Waals surface area contributed by atoms with Crippen LogP contribution in [0.15, 0.2) is 35.6 Å². The zero-order valence-corrected chi connectivity index (χ0v) is 16.0. The van der Waals surface area contributed by atoms with Crippen LogP contribution < -0.4 is 20.1 Å². The van der Waals surface area contributed by atoms with Crippen molar-refractivity contribution in [3.8, 4) is 11.5 Å². The summed E-state index contributed by atoms with van der Waals surface area (Å²) in [6.45, 7) is 5.02. The van der Waals surface area contributed by atoms with E-state index in [9.17, 15) is 0 Å². The second-order valence-electron chi connectivity index (χ2n) is 6.38. The van der Waals surface area contributed by atoms with Gasteiger partial charge in [-0.05, 0) is 25.5 Å². The summed E-state index contributed by atoms with van der Waals surface area (Å²) in [6.07, 6.45) is 4.43. The van der Waals surface area contributed by atoms with E-state index in [-0.39, 0.29) is 0 Å². The summed E-state index contributed by atoms with van der Waals surface area (Å²) in [5.41, 5.74) is 0. The first-order chi connectivity index (χ1) is 13.3. The van der Waals surface area contributed by atoms with Gasteiger partial charge in [-0.1, -0.05) is 6.07 Å². The van der Waals surface area contributed by atoms with E-state index in [1.54, 1.807) is 13.4 Å². The average molecular weight is 372 g/mol. The molecule has 0 saturated carbocycles. The molecule has 2 aromatic rings. The molecule has 0 amide bonds. The Morgan fingerprint density at radius 1 is 1.37 bits per heavy atom. The van der Waals surface area contributed by atoms with Crippen LogP contribution in [-0.2, 0) is 13.0 Å². The first-order valence-corrected chi connectivity index (χ1v) is 9.47. The van der Waals surface area contributed by atoms with Gasteiger partial charge in [-0.2, -0.15) is 5.10 Å². The largest absolute Gasteiger partial charge is 0.497 e. The van der Waals surface area contributed by atoms with Crippen molar-refractivity contribution in [2.75, 3.05) is 26.8 Å². The van der Waals surface area contributed by atoms with Crippen molar-refractivity contribution < 1.29 is 9.47 Å². The fourth-order valence-electron chi connectivity index (χ4n) is 3.01. The molecule has 1 unspecified atom stereocenters. The standard InChI is InChI=1S/C19H28N6O2/c1-3-20-19(24-15-8-9-18-22-14-23-25(18)13-15)21-10-5-11-27-17-7-4-6-16(12-17)26-2/h4,6-7,12,14-15H,3,5,8-11,13H2,1-2H3,(H2,20,21,24). The average Bonchev–Trinajstić information content (AvgIpc) is 3.16. The number of ether oxygens (including phenoxy) is 2. The predicted molar refractivity (Wildman–Crippen MR) is 104 cm³/mol. The molecule has 0 saturated heterocycles. The van der Waals surface area contributed by atoms with Gasteiger partial charge >= 0.3 is 0 Å². The van der Waals surface area contributed by atoms with Crippen LogP contribution in [-0.4, -0.2) is 53.6 Å². The molecule has 3 rings (SSSR count). The van der Waals surface area contributed by atoms with E-state index in [4.69, 9.17) is 9.47 Å². The molecular weight excluding hydrogens is 344 g/mol. The molecular formula is C19H28N6O2. The van der Waals surface area contributed by atoms with Crippen molar-refractivity contribution in [3.05, 3.63) is 36.4 Å². The molecule has 1 aliphatic rings. The summed E-state index contributed by atoms with van der Waals surface area (Å²) in [4.78, 5) is 8.93. The molecule has 1 aromatic carbocycles. The van der Waals surface area contributed by atoms with E-state index >= 15 is 0 Å². The number of hydrogen-bond donors (Lipinski definition) is 2. The number of rotatable bonds is 8. The van der Waals surface area contributed by atoms with Crippen molar-refractivity contribution in [2.24, 2.45) is 4.99 Å². The molecule has 1 aromatic heterocycles. The van der Waals surface area contributed by atoms with Gasteiger partial charge in [0, 0.05) is 38.0 Å². The van der Waals surface area contributed by atoms with Crippen LogP contribution in [0.4, 0.5) is 0 Å². The van der Waals surface area contributed by atoms with Gasteiger partial charge in [0.25, 0.3) is 0 Å². The monoisotopic (exact) mass is 372 g/mol. The van der Waals surface area contributed by atoms with Crippen molar-refractivity contribution >= 4 is 5.96 Å². The van der Waals surface area contributed by atoms with Crippen LogP contribution in [0.1, 0.15) is 25.6 Å². The molecule has 2 N–H and O–H groups in total. The van der Waals surface area contributed by atoms with Crippen molar-refractivity contribution in [1.82, 2.24) is 25.4 Å². The first kappa shape index (κ1) is 19.0. The number of nitrogens with one attached hydrogen (secondary N) is 2. The van der Waals surface area contributed by atoms with E-state index in [1.807, 2.05) is 28.9 Å². The Bertz CT molecular complexity index is 745. The van der Waals surface area contributed by atoms with E-state index in [0.717, 1.165) is 55.6 Å². The Labute approximate surface area is 160 Å². The molecule has 8 nitrogen and oxygen atoms in total. The molecule has 2 heterocycles. The van der Waals surface area contributed by atoms with Gasteiger partial charge in [0.2, 0.25) is 0 Å². The first-order valence-electron chi connectivity index (χ1n) is 9.47. The molecule has 146 valence electrons. The lowest BCUT2D eigenvalue weighted by Crippen LogP contribution is -2.47. The molecule has 0 bridgehead atoms. The summed E-state index contributed by atoms with van der Waals surface area (Å²) < 4.78 is 12.9. The lowest BCUT2D eigenvalue weighted by Gasteiger charge is -2.25. The quantitative estimate of drug-likeness (QED) is 0.416. The second-order valence-corrected chi connectivity index (χ2v) is 6.38. The number of nitrogens with zero attached hydrogens (tertiary/aromatic N) is 4. The molecule has 8 heteroatoms. The molecule has 0 radical (unpaired) electrons. The van der Waals surface area contributed by atoms with Gasteiger partial charge in [0.15, 0.2) is 5.96 Å². The number of benzene rings is 1. The Hall–Kier alpha value is -2.77. The minimum absolute atomic E-state index is 0.310. The highest BCUT2D eigenvalue weighted by Gasteiger charge is 2.20. The fourth-order valence-corrected chi connectivity index (χ4v) is 3.01. The van der Waals surface area contributed by atoms with E-state index < -0.39 is 0 Å². The summed E-state index contributed by atoms with van der Waals surface area (Å²) in [6, 6.07) is 7.95. The van der Waals surface area contributed by atoms with Gasteiger partial charge in [-0.25, -0.2) is 9.67 Å². The van der Waals surface area contributed by atoms with Crippen LogP contribution in [0.3, 0.4) is 0 Å². The summed E-state index contributed by atoms with van der Waals surface area (Å²) in [5, 5.41) is 11.1. The second kappa shape index (κ2) is 9.80. The van der Waals surface area contributed by atoms with E-state index in [0.29, 0.717) is 19.2 Å². The minimum atomic E-state index is 0.310. The zero-order chi connectivity index (χ0) is 18.9. The van der Waals surface area contributed by atoms with Crippen LogP contribution >= 0.6 is 0 Å². The van der Waals surface area contributed by atoms with Gasteiger partial charge in [0.1, 0.15) is 23.7 Å². The van der Waals surface area contributed by atoms with Crippen LogP contribution in [0.2, 0.25) is 0 Å². The highest BCUT2D eigenvalue weighted by molar-refractivity contribution is 5.80. The number of methoxy groups -OCH3 is 1. The summed E-state index contributed by atoms with van der Waals surface area (Å²) in [7, 11) is 1.65. The van der Waals surface area contributed by atoms with Gasteiger partial charge in [0.05, 0.1) is 20.3 Å². The van der Waals surface area contributed by atoms with E-state index in [2.05, 4.69) is 32.6 Å². The SMILES string of the molecule is CCNC(=NCCCOc1cccc(OC)c1)NC1CCc2ncnn2C1. The van der Waals surface area contributed by atoms with Gasteiger partial charge < -0.3 is 20.1 Å². The summed E-state index contributed by atoms with van der Waals surface area (Å²) in [5.74, 6) is 3.51. The van der Waals surface area contributed by atoms with E-state index in [1.165, 1.54) is 0 Å². The third-order valence-corrected chi connectivity index (χ3v) is 4.37. The van der Waals surface area contributed by atoms with Crippen LogP contribution in [0, 0.1) is 0 Å². The molecule has 1 aliphatic heterocycles. The number of hydrogen-bond acceptors (Lipinski definition) is 5. The molecule has 0 aliphatic carbocycles. The third kappa shape index (κ3) is 5.60. The van der Waals surface area contributed by atoms with Crippen LogP contribution in [0.5, 0.6) is 11.5 Å². The minimum Gasteiger partial charge on any atom is -0.497 e. The Morgan fingerprint density at radius 3 is 3.11 bits per heavy atom. The maximum absolute atomic E-state index is 5.76. The highest BCUT2D eigenvalue weighted by atomic mass is 16.5. The topological polar surface area (TPSA) is 85.6 Å². The van der Waals surface area contributed by atoms with Crippen LogP contribution in [0.25, 0.3) is 0 Å². The number of aromatic nitrogens is 3. The Morgan fingerprint density at radius 2 is 2.26 bits per heavy atom. The highest BCUT2D eigenvalue weighted by Crippen LogP contribution is 2.18. The predicted octanol–water partition coefficient (Wildman–Crippen LogP) is 1.63. The smallest absolute Gasteiger partial charge is 0.191 e. The van der Waals surface area contributed by atoms with Gasteiger partial charge in [-0.15, -0.1) is 0 Å². The number of aryl methyl sites for hydroxylation is 1. The third-order valence-electron chi connectivity index (χ3n) is 4.37. The lowest BCUT2D eigenvalue weighted by molar-refractivity contribution is 0.310. The number of aliphatic imine (C=N–C) groups is 1. The molecule has 0 spiro atoms. The summed E-state index contributed by atoms with van der Waals surface area (Å²) >= 11 is 0.